The molecular formula is C14H13N4O-. The van der Waals surface area contributed by atoms with Gasteiger partial charge < -0.3 is 10.5 Å². The van der Waals surface area contributed by atoms with Gasteiger partial charge in [-0.15, -0.1) is 0 Å². The summed E-state index contributed by atoms with van der Waals surface area (Å²) in [5, 5.41) is 14.8. The second-order valence-electron chi connectivity index (χ2n) is 4.10. The minimum atomic E-state index is -1.12. The summed E-state index contributed by atoms with van der Waals surface area (Å²) in [6, 6.07) is 19.1. The van der Waals surface area contributed by atoms with Gasteiger partial charge in [0, 0.05) is 12.0 Å². The summed E-state index contributed by atoms with van der Waals surface area (Å²) in [6.07, 6.45) is -1.12. The molecular weight excluding hydrogens is 240 g/mol. The van der Waals surface area contributed by atoms with Crippen molar-refractivity contribution in [3.63, 3.8) is 0 Å². The van der Waals surface area contributed by atoms with Gasteiger partial charge in [-0.05, 0) is 24.3 Å². The highest BCUT2D eigenvalue weighted by molar-refractivity contribution is 5.48. The monoisotopic (exact) mass is 253 g/mol. The molecule has 2 aromatic rings. The summed E-state index contributed by atoms with van der Waals surface area (Å²) in [7, 11) is 0. The molecule has 5 heteroatoms. The lowest BCUT2D eigenvalue weighted by Gasteiger charge is -2.26. The van der Waals surface area contributed by atoms with Crippen LogP contribution in [0.15, 0.2) is 60.7 Å². The molecule has 1 aliphatic heterocycles. The van der Waals surface area contributed by atoms with E-state index >= 15 is 0 Å². The number of hydrazine groups is 2. The van der Waals surface area contributed by atoms with Crippen LogP contribution in [0, 0.1) is 6.67 Å². The summed E-state index contributed by atoms with van der Waals surface area (Å²) in [5.74, 6) is 0. The molecule has 96 valence electrons. The SMILES string of the molecule is [O-]C1NN(c2ccccc2)[C]N1Nc1ccccc1. The van der Waals surface area contributed by atoms with E-state index in [4.69, 9.17) is 0 Å². The molecule has 1 atom stereocenters. The fourth-order valence-electron chi connectivity index (χ4n) is 1.80. The van der Waals surface area contributed by atoms with Crippen molar-refractivity contribution in [1.82, 2.24) is 10.4 Å². The Balaban J connectivity index is 1.69. The molecule has 0 bridgehead atoms. The van der Waals surface area contributed by atoms with Crippen molar-refractivity contribution in [2.24, 2.45) is 0 Å². The molecule has 2 radical (unpaired) electrons. The van der Waals surface area contributed by atoms with Crippen LogP contribution in [-0.2, 0) is 0 Å². The maximum atomic E-state index is 11.9. The van der Waals surface area contributed by atoms with E-state index in [9.17, 15) is 5.11 Å². The zero-order valence-corrected chi connectivity index (χ0v) is 10.2. The van der Waals surface area contributed by atoms with Crippen molar-refractivity contribution < 1.29 is 5.11 Å². The first-order chi connectivity index (χ1) is 9.33. The Morgan fingerprint density at radius 1 is 1.00 bits per heavy atom. The first-order valence-corrected chi connectivity index (χ1v) is 5.97. The third-order valence-electron chi connectivity index (χ3n) is 2.72. The van der Waals surface area contributed by atoms with Gasteiger partial charge in [-0.3, -0.25) is 5.01 Å². The zero-order chi connectivity index (χ0) is 13.1. The predicted octanol–water partition coefficient (Wildman–Crippen LogP) is 0.980. The molecule has 1 saturated heterocycles. The Labute approximate surface area is 112 Å². The lowest BCUT2D eigenvalue weighted by atomic mass is 10.3. The molecule has 1 heterocycles. The molecule has 2 aromatic carbocycles. The molecule has 5 nitrogen and oxygen atoms in total. The zero-order valence-electron chi connectivity index (χ0n) is 10.2. The molecule has 0 aliphatic carbocycles. The lowest BCUT2D eigenvalue weighted by molar-refractivity contribution is -0.454. The summed E-state index contributed by atoms with van der Waals surface area (Å²) >= 11 is 0. The number of anilines is 2. The largest absolute Gasteiger partial charge is 0.826 e. The van der Waals surface area contributed by atoms with Gasteiger partial charge in [-0.2, -0.15) is 5.01 Å². The average Bonchev–Trinajstić information content (AvgIpc) is 2.82. The lowest BCUT2D eigenvalue weighted by Crippen LogP contribution is -2.49. The molecule has 1 fully saturated rings. The molecule has 0 saturated carbocycles. The van der Waals surface area contributed by atoms with Gasteiger partial charge in [0.25, 0.3) is 0 Å². The topological polar surface area (TPSA) is 53.6 Å². The molecule has 1 aliphatic rings. The van der Waals surface area contributed by atoms with Crippen molar-refractivity contribution in [3.8, 4) is 0 Å². The van der Waals surface area contributed by atoms with E-state index in [2.05, 4.69) is 17.5 Å². The van der Waals surface area contributed by atoms with Crippen molar-refractivity contribution in [2.45, 2.75) is 6.35 Å². The Morgan fingerprint density at radius 3 is 2.32 bits per heavy atom. The highest BCUT2D eigenvalue weighted by Crippen LogP contribution is 2.19. The van der Waals surface area contributed by atoms with Crippen LogP contribution in [0.5, 0.6) is 0 Å². The van der Waals surface area contributed by atoms with E-state index < -0.39 is 6.35 Å². The number of hydrogen-bond donors (Lipinski definition) is 2. The van der Waals surface area contributed by atoms with Crippen LogP contribution in [0.4, 0.5) is 11.4 Å². The predicted molar refractivity (Wildman–Crippen MR) is 71.0 cm³/mol. The van der Waals surface area contributed by atoms with E-state index in [1.807, 2.05) is 60.7 Å². The highest BCUT2D eigenvalue weighted by atomic mass is 16.3. The number of nitrogens with one attached hydrogen (secondary N) is 2. The van der Waals surface area contributed by atoms with E-state index in [0.717, 1.165) is 11.4 Å². The van der Waals surface area contributed by atoms with Crippen LogP contribution in [0.3, 0.4) is 0 Å². The van der Waals surface area contributed by atoms with Gasteiger partial charge in [-0.1, -0.05) is 36.4 Å². The van der Waals surface area contributed by atoms with Gasteiger partial charge in [0.15, 0.2) is 0 Å². The summed E-state index contributed by atoms with van der Waals surface area (Å²) < 4.78 is 0. The van der Waals surface area contributed by atoms with Crippen molar-refractivity contribution in [1.29, 1.82) is 0 Å². The fraction of sp³-hybridized carbons (Fsp3) is 0.0714. The quantitative estimate of drug-likeness (QED) is 0.854. The van der Waals surface area contributed by atoms with E-state index in [1.165, 1.54) is 5.01 Å². The van der Waals surface area contributed by atoms with Crippen LogP contribution in [-0.4, -0.2) is 11.4 Å². The fourth-order valence-corrected chi connectivity index (χ4v) is 1.80. The molecule has 3 rings (SSSR count). The normalized spacial score (nSPS) is 19.6. The van der Waals surface area contributed by atoms with Crippen molar-refractivity contribution in [3.05, 3.63) is 67.3 Å². The summed E-state index contributed by atoms with van der Waals surface area (Å²) in [5.41, 5.74) is 7.47. The Bertz CT molecular complexity index is 519. The summed E-state index contributed by atoms with van der Waals surface area (Å²) in [6.45, 7) is 2.94. The van der Waals surface area contributed by atoms with Crippen LogP contribution < -0.4 is 21.0 Å². The van der Waals surface area contributed by atoms with Gasteiger partial charge in [-0.25, -0.2) is 5.43 Å². The van der Waals surface area contributed by atoms with E-state index in [1.54, 1.807) is 5.01 Å². The van der Waals surface area contributed by atoms with Gasteiger partial charge in [0.05, 0.1) is 5.69 Å². The molecule has 19 heavy (non-hydrogen) atoms. The average molecular weight is 253 g/mol. The number of rotatable bonds is 3. The third kappa shape index (κ3) is 2.68. The minimum absolute atomic E-state index is 0.840. The number of para-hydroxylation sites is 2. The number of hydrogen-bond acceptors (Lipinski definition) is 5. The van der Waals surface area contributed by atoms with Crippen LogP contribution >= 0.6 is 0 Å². The Morgan fingerprint density at radius 2 is 1.63 bits per heavy atom. The molecule has 1 unspecified atom stereocenters. The van der Waals surface area contributed by atoms with Crippen LogP contribution in [0.1, 0.15) is 0 Å². The standard InChI is InChI=1S/C14H13N4O/c19-14-16-17(13-9-5-2-6-10-13)11-18(14)15-12-7-3-1-4-8-12/h1-10,14-16H/q-1. The highest BCUT2D eigenvalue weighted by Gasteiger charge is 2.24. The molecule has 0 aromatic heterocycles. The van der Waals surface area contributed by atoms with E-state index in [0.29, 0.717) is 0 Å². The second kappa shape index (κ2) is 5.27. The Hall–Kier alpha value is -2.08. The first-order valence-electron chi connectivity index (χ1n) is 5.97. The van der Waals surface area contributed by atoms with Crippen molar-refractivity contribution in [2.75, 3.05) is 10.4 Å². The second-order valence-corrected chi connectivity index (χ2v) is 4.10. The van der Waals surface area contributed by atoms with Gasteiger partial charge in [0.1, 0.15) is 0 Å². The Kier molecular flexibility index (Phi) is 3.33. The van der Waals surface area contributed by atoms with Gasteiger partial charge in [0.2, 0.25) is 6.67 Å². The van der Waals surface area contributed by atoms with E-state index in [-0.39, 0.29) is 0 Å². The summed E-state index contributed by atoms with van der Waals surface area (Å²) in [4.78, 5) is 0. The molecule has 0 spiro atoms. The maximum Gasteiger partial charge on any atom is 0.213 e. The maximum absolute atomic E-state index is 11.9. The number of nitrogens with zero attached hydrogens (tertiary/aromatic N) is 2. The van der Waals surface area contributed by atoms with Gasteiger partial charge >= 0.3 is 0 Å². The van der Waals surface area contributed by atoms with Crippen LogP contribution in [0.25, 0.3) is 0 Å². The molecule has 0 amide bonds. The smallest absolute Gasteiger partial charge is 0.213 e. The van der Waals surface area contributed by atoms with Crippen LogP contribution in [0.2, 0.25) is 0 Å². The molecule has 2 N–H and O–H groups in total. The number of benzene rings is 2. The first kappa shape index (κ1) is 12.0. The third-order valence-corrected chi connectivity index (χ3v) is 2.72. The minimum Gasteiger partial charge on any atom is -0.826 e. The van der Waals surface area contributed by atoms with Crippen molar-refractivity contribution >= 4 is 11.4 Å².